The van der Waals surface area contributed by atoms with Crippen LogP contribution >= 0.6 is 11.3 Å². The second kappa shape index (κ2) is 7.11. The number of pyridine rings is 2. The van der Waals surface area contributed by atoms with E-state index >= 15 is 0 Å². The number of hydrogen-bond acceptors (Lipinski definition) is 6. The summed E-state index contributed by atoms with van der Waals surface area (Å²) in [5.74, 6) is 1.55. The standard InChI is InChI=1S/C16H17N5S/c1-2-17-10-12-6-7-14(19-11-12)21-15-5-3-4-13(20-15)16-18-8-9-22-16/h3-9,11,17H,2,10H2,1H3,(H,19,20,21). The molecule has 0 aliphatic carbocycles. The molecule has 0 bridgehead atoms. The predicted molar refractivity (Wildman–Crippen MR) is 90.2 cm³/mol. The third kappa shape index (κ3) is 3.66. The molecule has 0 atom stereocenters. The Morgan fingerprint density at radius 1 is 1.09 bits per heavy atom. The van der Waals surface area contributed by atoms with E-state index in [1.54, 1.807) is 17.5 Å². The van der Waals surface area contributed by atoms with Crippen LogP contribution in [0.1, 0.15) is 12.5 Å². The number of nitrogens with one attached hydrogen (secondary N) is 2. The first-order valence-corrected chi connectivity index (χ1v) is 8.02. The van der Waals surface area contributed by atoms with Crippen LogP contribution in [-0.2, 0) is 6.54 Å². The number of anilines is 2. The van der Waals surface area contributed by atoms with Gasteiger partial charge in [0.25, 0.3) is 0 Å². The first-order valence-electron chi connectivity index (χ1n) is 7.15. The van der Waals surface area contributed by atoms with Gasteiger partial charge in [-0.15, -0.1) is 11.3 Å². The lowest BCUT2D eigenvalue weighted by atomic mass is 10.3. The maximum atomic E-state index is 4.57. The van der Waals surface area contributed by atoms with Crippen LogP contribution in [-0.4, -0.2) is 21.5 Å². The molecule has 0 unspecified atom stereocenters. The molecule has 22 heavy (non-hydrogen) atoms. The van der Waals surface area contributed by atoms with Gasteiger partial charge in [-0.05, 0) is 30.3 Å². The van der Waals surface area contributed by atoms with Gasteiger partial charge in [-0.2, -0.15) is 0 Å². The molecule has 112 valence electrons. The summed E-state index contributed by atoms with van der Waals surface area (Å²) >= 11 is 1.58. The molecule has 0 amide bonds. The Labute approximate surface area is 133 Å². The quantitative estimate of drug-likeness (QED) is 0.730. The van der Waals surface area contributed by atoms with Gasteiger partial charge < -0.3 is 10.6 Å². The van der Waals surface area contributed by atoms with Crippen LogP contribution in [0.3, 0.4) is 0 Å². The minimum atomic E-state index is 0.764. The monoisotopic (exact) mass is 311 g/mol. The van der Waals surface area contributed by atoms with Gasteiger partial charge in [0, 0.05) is 24.3 Å². The molecule has 0 radical (unpaired) electrons. The molecule has 0 saturated heterocycles. The van der Waals surface area contributed by atoms with Crippen molar-refractivity contribution in [1.82, 2.24) is 20.3 Å². The highest BCUT2D eigenvalue weighted by molar-refractivity contribution is 7.13. The number of hydrogen-bond donors (Lipinski definition) is 2. The molecule has 5 nitrogen and oxygen atoms in total. The topological polar surface area (TPSA) is 62.7 Å². The molecule has 6 heteroatoms. The number of rotatable bonds is 6. The molecule has 3 heterocycles. The molecular formula is C16H17N5S. The van der Waals surface area contributed by atoms with Crippen LogP contribution in [0.4, 0.5) is 11.6 Å². The minimum Gasteiger partial charge on any atom is -0.325 e. The molecule has 3 rings (SSSR count). The van der Waals surface area contributed by atoms with Crippen molar-refractivity contribution in [1.29, 1.82) is 0 Å². The highest BCUT2D eigenvalue weighted by Crippen LogP contribution is 2.22. The van der Waals surface area contributed by atoms with E-state index in [-0.39, 0.29) is 0 Å². The average molecular weight is 311 g/mol. The predicted octanol–water partition coefficient (Wildman–Crippen LogP) is 3.45. The zero-order chi connectivity index (χ0) is 15.2. The van der Waals surface area contributed by atoms with Gasteiger partial charge in [0.1, 0.15) is 22.3 Å². The number of thiazole rings is 1. The van der Waals surface area contributed by atoms with Crippen molar-refractivity contribution in [2.24, 2.45) is 0 Å². The summed E-state index contributed by atoms with van der Waals surface area (Å²) in [6, 6.07) is 9.86. The van der Waals surface area contributed by atoms with Crippen LogP contribution in [0.25, 0.3) is 10.7 Å². The van der Waals surface area contributed by atoms with Crippen LogP contribution < -0.4 is 10.6 Å². The lowest BCUT2D eigenvalue weighted by Crippen LogP contribution is -2.11. The Kier molecular flexibility index (Phi) is 4.72. The maximum absolute atomic E-state index is 4.57. The summed E-state index contributed by atoms with van der Waals surface area (Å²) in [5.41, 5.74) is 2.03. The SMILES string of the molecule is CCNCc1ccc(Nc2cccc(-c3nccs3)n2)nc1. The molecule has 0 aliphatic rings. The van der Waals surface area contributed by atoms with Gasteiger partial charge in [0.15, 0.2) is 0 Å². The number of aromatic nitrogens is 3. The van der Waals surface area contributed by atoms with Gasteiger partial charge in [-0.1, -0.05) is 19.1 Å². The fourth-order valence-corrected chi connectivity index (χ4v) is 2.58. The summed E-state index contributed by atoms with van der Waals surface area (Å²) in [7, 11) is 0. The second-order valence-corrected chi connectivity index (χ2v) is 5.60. The normalized spacial score (nSPS) is 10.6. The lowest BCUT2D eigenvalue weighted by molar-refractivity contribution is 0.724. The van der Waals surface area contributed by atoms with E-state index < -0.39 is 0 Å². The average Bonchev–Trinajstić information content (AvgIpc) is 3.09. The summed E-state index contributed by atoms with van der Waals surface area (Å²) in [4.78, 5) is 13.3. The van der Waals surface area contributed by atoms with Crippen LogP contribution in [0.15, 0.2) is 48.1 Å². The molecule has 3 aromatic heterocycles. The molecule has 0 aliphatic heterocycles. The molecule has 0 fully saturated rings. The minimum absolute atomic E-state index is 0.764. The highest BCUT2D eigenvalue weighted by Gasteiger charge is 2.04. The molecule has 3 aromatic rings. The van der Waals surface area contributed by atoms with Crippen molar-refractivity contribution in [2.45, 2.75) is 13.5 Å². The van der Waals surface area contributed by atoms with Crippen LogP contribution in [0.2, 0.25) is 0 Å². The van der Waals surface area contributed by atoms with E-state index in [0.717, 1.165) is 41.0 Å². The van der Waals surface area contributed by atoms with Crippen molar-refractivity contribution in [3.05, 3.63) is 53.7 Å². The zero-order valence-corrected chi connectivity index (χ0v) is 13.1. The fourth-order valence-electron chi connectivity index (χ4n) is 1.98. The largest absolute Gasteiger partial charge is 0.325 e. The second-order valence-electron chi connectivity index (χ2n) is 4.70. The summed E-state index contributed by atoms with van der Waals surface area (Å²) < 4.78 is 0. The van der Waals surface area contributed by atoms with Crippen molar-refractivity contribution < 1.29 is 0 Å². The van der Waals surface area contributed by atoms with Gasteiger partial charge in [-0.25, -0.2) is 15.0 Å². The van der Waals surface area contributed by atoms with Crippen molar-refractivity contribution >= 4 is 23.0 Å². The van der Waals surface area contributed by atoms with E-state index in [4.69, 9.17) is 0 Å². The third-order valence-electron chi connectivity index (χ3n) is 3.06. The van der Waals surface area contributed by atoms with E-state index in [0.29, 0.717) is 0 Å². The first-order chi connectivity index (χ1) is 10.8. The Morgan fingerprint density at radius 3 is 2.77 bits per heavy atom. The number of nitrogens with zero attached hydrogens (tertiary/aromatic N) is 3. The third-order valence-corrected chi connectivity index (χ3v) is 3.86. The van der Waals surface area contributed by atoms with E-state index in [1.807, 2.05) is 35.8 Å². The Morgan fingerprint density at radius 2 is 2.05 bits per heavy atom. The van der Waals surface area contributed by atoms with E-state index in [9.17, 15) is 0 Å². The van der Waals surface area contributed by atoms with E-state index in [1.165, 1.54) is 0 Å². The molecular weight excluding hydrogens is 294 g/mol. The van der Waals surface area contributed by atoms with Crippen molar-refractivity contribution in [3.63, 3.8) is 0 Å². The van der Waals surface area contributed by atoms with Gasteiger partial charge in [-0.3, -0.25) is 0 Å². The first kappa shape index (κ1) is 14.6. The Hall–Kier alpha value is -2.31. The van der Waals surface area contributed by atoms with Gasteiger partial charge >= 0.3 is 0 Å². The summed E-state index contributed by atoms with van der Waals surface area (Å²) in [6.07, 6.45) is 3.65. The highest BCUT2D eigenvalue weighted by atomic mass is 32.1. The Balaban J connectivity index is 1.71. The van der Waals surface area contributed by atoms with Crippen LogP contribution in [0, 0.1) is 0 Å². The smallest absolute Gasteiger partial charge is 0.141 e. The summed E-state index contributed by atoms with van der Waals surface area (Å²) in [5, 5.41) is 9.36. The lowest BCUT2D eigenvalue weighted by Gasteiger charge is -2.07. The summed E-state index contributed by atoms with van der Waals surface area (Å²) in [6.45, 7) is 3.87. The fraction of sp³-hybridized carbons (Fsp3) is 0.188. The Bertz CT molecular complexity index is 710. The van der Waals surface area contributed by atoms with Crippen molar-refractivity contribution in [3.8, 4) is 10.7 Å². The van der Waals surface area contributed by atoms with Crippen molar-refractivity contribution in [2.75, 3.05) is 11.9 Å². The molecule has 2 N–H and O–H groups in total. The van der Waals surface area contributed by atoms with Gasteiger partial charge in [0.2, 0.25) is 0 Å². The van der Waals surface area contributed by atoms with E-state index in [2.05, 4.69) is 38.6 Å². The zero-order valence-electron chi connectivity index (χ0n) is 12.3. The maximum Gasteiger partial charge on any atom is 0.141 e. The molecule has 0 aromatic carbocycles. The molecule has 0 spiro atoms. The molecule has 0 saturated carbocycles. The van der Waals surface area contributed by atoms with Crippen LogP contribution in [0.5, 0.6) is 0 Å². The van der Waals surface area contributed by atoms with Gasteiger partial charge in [0.05, 0.1) is 0 Å².